The monoisotopic (exact) mass is 226 g/mol. The number of hydrogen-bond acceptors (Lipinski definition) is 2. The Morgan fingerprint density at radius 2 is 1.81 bits per heavy atom. The fourth-order valence-electron chi connectivity index (χ4n) is 2.91. The van der Waals surface area contributed by atoms with E-state index in [1.807, 2.05) is 0 Å². The van der Waals surface area contributed by atoms with Crippen LogP contribution in [0.15, 0.2) is 0 Å². The second-order valence-electron chi connectivity index (χ2n) is 5.45. The lowest BCUT2D eigenvalue weighted by atomic mass is 9.95. The highest BCUT2D eigenvalue weighted by atomic mass is 15.2. The van der Waals surface area contributed by atoms with Crippen molar-refractivity contribution in [2.45, 2.75) is 83.6 Å². The molecule has 1 aliphatic rings. The van der Waals surface area contributed by atoms with Gasteiger partial charge >= 0.3 is 0 Å². The van der Waals surface area contributed by atoms with Crippen LogP contribution >= 0.6 is 0 Å². The van der Waals surface area contributed by atoms with Gasteiger partial charge in [-0.15, -0.1) is 0 Å². The Morgan fingerprint density at radius 1 is 1.12 bits per heavy atom. The maximum absolute atomic E-state index is 5.64. The fraction of sp³-hybridized carbons (Fsp3) is 1.00. The van der Waals surface area contributed by atoms with Gasteiger partial charge in [0.25, 0.3) is 0 Å². The normalized spacial score (nSPS) is 19.1. The summed E-state index contributed by atoms with van der Waals surface area (Å²) in [7, 11) is 0. The first-order valence-corrected chi connectivity index (χ1v) is 7.33. The number of nitrogens with two attached hydrogens (primary N) is 1. The van der Waals surface area contributed by atoms with Crippen molar-refractivity contribution in [1.29, 1.82) is 0 Å². The van der Waals surface area contributed by atoms with E-state index in [0.29, 0.717) is 6.04 Å². The molecule has 1 unspecified atom stereocenters. The highest BCUT2D eigenvalue weighted by Gasteiger charge is 2.18. The number of hydrazine groups is 1. The Kier molecular flexibility index (Phi) is 7.87. The largest absolute Gasteiger partial charge is 0.271 e. The predicted octanol–water partition coefficient (Wildman–Crippen LogP) is 3.76. The highest BCUT2D eigenvalue weighted by molar-refractivity contribution is 4.74. The van der Waals surface area contributed by atoms with Crippen molar-refractivity contribution in [3.8, 4) is 0 Å². The zero-order valence-electron chi connectivity index (χ0n) is 11.0. The molecule has 1 aliphatic carbocycles. The zero-order valence-corrected chi connectivity index (χ0v) is 11.0. The molecule has 0 heterocycles. The lowest BCUT2D eigenvalue weighted by molar-refractivity contribution is 0.364. The number of rotatable bonds is 9. The Bertz CT molecular complexity index is 153. The van der Waals surface area contributed by atoms with E-state index in [4.69, 9.17) is 5.84 Å². The maximum atomic E-state index is 5.64. The summed E-state index contributed by atoms with van der Waals surface area (Å²) in [6.45, 7) is 2.27. The van der Waals surface area contributed by atoms with Crippen LogP contribution in [0.2, 0.25) is 0 Å². The molecule has 0 saturated heterocycles. The molecule has 0 amide bonds. The van der Waals surface area contributed by atoms with Crippen LogP contribution in [-0.2, 0) is 0 Å². The molecule has 0 aromatic heterocycles. The van der Waals surface area contributed by atoms with Crippen LogP contribution in [0.4, 0.5) is 0 Å². The van der Waals surface area contributed by atoms with Gasteiger partial charge in [-0.3, -0.25) is 11.3 Å². The number of unbranched alkanes of at least 4 members (excludes halogenated alkanes) is 4. The first-order valence-electron chi connectivity index (χ1n) is 7.33. The summed E-state index contributed by atoms with van der Waals surface area (Å²) >= 11 is 0. The smallest absolute Gasteiger partial charge is 0.0213 e. The van der Waals surface area contributed by atoms with Crippen molar-refractivity contribution in [2.75, 3.05) is 0 Å². The Morgan fingerprint density at radius 3 is 2.44 bits per heavy atom. The van der Waals surface area contributed by atoms with Crippen LogP contribution in [0.5, 0.6) is 0 Å². The third kappa shape index (κ3) is 5.86. The first kappa shape index (κ1) is 14.0. The van der Waals surface area contributed by atoms with E-state index in [2.05, 4.69) is 12.3 Å². The van der Waals surface area contributed by atoms with Crippen molar-refractivity contribution >= 4 is 0 Å². The SMILES string of the molecule is CCCCCCCC(CC1CCCC1)NN. The quantitative estimate of drug-likeness (QED) is 0.357. The molecule has 2 heteroatoms. The van der Waals surface area contributed by atoms with Crippen molar-refractivity contribution in [2.24, 2.45) is 11.8 Å². The molecule has 3 N–H and O–H groups in total. The van der Waals surface area contributed by atoms with E-state index in [1.54, 1.807) is 0 Å². The minimum absolute atomic E-state index is 0.574. The average Bonchev–Trinajstić information content (AvgIpc) is 2.80. The number of nitrogens with one attached hydrogen (secondary N) is 1. The van der Waals surface area contributed by atoms with Gasteiger partial charge in [0.05, 0.1) is 0 Å². The van der Waals surface area contributed by atoms with Crippen LogP contribution in [0.3, 0.4) is 0 Å². The highest BCUT2D eigenvalue weighted by Crippen LogP contribution is 2.29. The van der Waals surface area contributed by atoms with Crippen molar-refractivity contribution in [1.82, 2.24) is 5.43 Å². The summed E-state index contributed by atoms with van der Waals surface area (Å²) in [5.74, 6) is 6.60. The molecule has 1 rings (SSSR count). The molecule has 1 atom stereocenters. The summed E-state index contributed by atoms with van der Waals surface area (Å²) in [5, 5.41) is 0. The average molecular weight is 226 g/mol. The molecule has 1 saturated carbocycles. The molecule has 2 nitrogen and oxygen atoms in total. The first-order chi connectivity index (χ1) is 7.86. The summed E-state index contributed by atoms with van der Waals surface area (Å²) in [6, 6.07) is 0.574. The molecule has 1 fully saturated rings. The van der Waals surface area contributed by atoms with Crippen molar-refractivity contribution in [3.05, 3.63) is 0 Å². The molecule has 0 aliphatic heterocycles. The molecular formula is C14H30N2. The zero-order chi connectivity index (χ0) is 11.6. The predicted molar refractivity (Wildman–Crippen MR) is 71.1 cm³/mol. The van der Waals surface area contributed by atoms with Crippen molar-refractivity contribution in [3.63, 3.8) is 0 Å². The third-order valence-corrected chi connectivity index (χ3v) is 3.98. The summed E-state index contributed by atoms with van der Waals surface area (Å²) in [4.78, 5) is 0. The minimum atomic E-state index is 0.574. The van der Waals surface area contributed by atoms with E-state index >= 15 is 0 Å². The van der Waals surface area contributed by atoms with Crippen LogP contribution in [0.1, 0.15) is 77.6 Å². The molecule has 0 bridgehead atoms. The lowest BCUT2D eigenvalue weighted by Gasteiger charge is -2.19. The van der Waals surface area contributed by atoms with Crippen molar-refractivity contribution < 1.29 is 0 Å². The van der Waals surface area contributed by atoms with Gasteiger partial charge in [0, 0.05) is 6.04 Å². The van der Waals surface area contributed by atoms with Crippen LogP contribution in [0, 0.1) is 5.92 Å². The van der Waals surface area contributed by atoms with Gasteiger partial charge < -0.3 is 0 Å². The van der Waals surface area contributed by atoms with Crippen LogP contribution < -0.4 is 11.3 Å². The molecule has 0 spiro atoms. The molecule has 16 heavy (non-hydrogen) atoms. The van der Waals surface area contributed by atoms with E-state index in [9.17, 15) is 0 Å². The van der Waals surface area contributed by atoms with Gasteiger partial charge in [-0.25, -0.2) is 0 Å². The van der Waals surface area contributed by atoms with E-state index < -0.39 is 0 Å². The van der Waals surface area contributed by atoms with E-state index in [1.165, 1.54) is 70.6 Å². The summed E-state index contributed by atoms with van der Waals surface area (Å²) in [5.41, 5.74) is 3.02. The summed E-state index contributed by atoms with van der Waals surface area (Å²) < 4.78 is 0. The Balaban J connectivity index is 2.01. The standard InChI is InChI=1S/C14H30N2/c1-2-3-4-5-6-11-14(16-15)12-13-9-7-8-10-13/h13-14,16H,2-12,15H2,1H3. The molecule has 0 radical (unpaired) electrons. The third-order valence-electron chi connectivity index (χ3n) is 3.98. The second kappa shape index (κ2) is 9.00. The van der Waals surface area contributed by atoms with Crippen LogP contribution in [-0.4, -0.2) is 6.04 Å². The summed E-state index contributed by atoms with van der Waals surface area (Å²) in [6.07, 6.45) is 15.2. The fourth-order valence-corrected chi connectivity index (χ4v) is 2.91. The second-order valence-corrected chi connectivity index (χ2v) is 5.45. The molecule has 0 aromatic rings. The van der Waals surface area contributed by atoms with Gasteiger partial charge in [-0.1, -0.05) is 64.7 Å². The van der Waals surface area contributed by atoms with Gasteiger partial charge in [-0.2, -0.15) is 0 Å². The Labute approximate surface area is 101 Å². The maximum Gasteiger partial charge on any atom is 0.0213 e. The van der Waals surface area contributed by atoms with Gasteiger partial charge in [0.15, 0.2) is 0 Å². The lowest BCUT2D eigenvalue weighted by Crippen LogP contribution is -2.36. The van der Waals surface area contributed by atoms with Gasteiger partial charge in [0.1, 0.15) is 0 Å². The minimum Gasteiger partial charge on any atom is -0.271 e. The van der Waals surface area contributed by atoms with E-state index in [-0.39, 0.29) is 0 Å². The van der Waals surface area contributed by atoms with Gasteiger partial charge in [0.2, 0.25) is 0 Å². The van der Waals surface area contributed by atoms with Gasteiger partial charge in [-0.05, 0) is 18.8 Å². The molecular weight excluding hydrogens is 196 g/mol. The Hall–Kier alpha value is -0.0800. The topological polar surface area (TPSA) is 38.0 Å². The number of hydrogen-bond donors (Lipinski definition) is 2. The molecule has 96 valence electrons. The van der Waals surface area contributed by atoms with Crippen LogP contribution in [0.25, 0.3) is 0 Å². The molecule has 0 aromatic carbocycles. The van der Waals surface area contributed by atoms with E-state index in [0.717, 1.165) is 5.92 Å².